The van der Waals surface area contributed by atoms with Gasteiger partial charge in [-0.1, -0.05) is 29.8 Å². The van der Waals surface area contributed by atoms with Gasteiger partial charge in [-0.05, 0) is 70.4 Å². The zero-order chi connectivity index (χ0) is 26.6. The number of nitrogens with one attached hydrogen (secondary N) is 1. The van der Waals surface area contributed by atoms with Crippen LogP contribution in [0.1, 0.15) is 47.6 Å². The van der Waals surface area contributed by atoms with Gasteiger partial charge in [0.05, 0.1) is 12.2 Å². The predicted octanol–water partition coefficient (Wildman–Crippen LogP) is 4.57. The predicted molar refractivity (Wildman–Crippen MR) is 138 cm³/mol. The molecule has 0 spiro atoms. The summed E-state index contributed by atoms with van der Waals surface area (Å²) in [5.74, 6) is 0.682. The van der Waals surface area contributed by atoms with Crippen molar-refractivity contribution >= 4 is 11.9 Å². The minimum Gasteiger partial charge on any atom is -0.478 e. The van der Waals surface area contributed by atoms with Crippen LogP contribution in [0.25, 0.3) is 11.5 Å². The van der Waals surface area contributed by atoms with Gasteiger partial charge < -0.3 is 19.6 Å². The number of likely N-dealkylation sites (N-methyl/N-ethyl adjacent to an activating group) is 1. The third-order valence-electron chi connectivity index (χ3n) is 5.98. The first kappa shape index (κ1) is 26.9. The maximum atomic E-state index is 12.3. The van der Waals surface area contributed by atoms with Gasteiger partial charge in [0.1, 0.15) is 11.5 Å². The largest absolute Gasteiger partial charge is 0.478 e. The van der Waals surface area contributed by atoms with Crippen molar-refractivity contribution < 1.29 is 23.8 Å². The molecule has 1 amide bonds. The Morgan fingerprint density at radius 1 is 1.08 bits per heavy atom. The maximum Gasteiger partial charge on any atom is 0.347 e. The summed E-state index contributed by atoms with van der Waals surface area (Å²) in [5.41, 5.74) is 4.10. The summed E-state index contributed by atoms with van der Waals surface area (Å²) in [6.45, 7) is 11.8. The van der Waals surface area contributed by atoms with E-state index in [-0.39, 0.29) is 12.5 Å². The molecule has 0 bridgehead atoms. The third kappa shape index (κ3) is 6.51. The Kier molecular flexibility index (Phi) is 8.20. The topological polar surface area (TPSA) is 105 Å². The summed E-state index contributed by atoms with van der Waals surface area (Å²) in [7, 11) is 1.61. The Labute approximate surface area is 212 Å². The molecule has 192 valence electrons. The molecular formula is C28H35N3O5. The van der Waals surface area contributed by atoms with Crippen LogP contribution in [-0.2, 0) is 22.7 Å². The fourth-order valence-corrected chi connectivity index (χ4v) is 3.99. The minimum absolute atomic E-state index is 0.105. The second-order valence-corrected chi connectivity index (χ2v) is 9.69. The number of aliphatic carboxylic acids is 1. The van der Waals surface area contributed by atoms with E-state index in [9.17, 15) is 14.7 Å². The first-order valence-electron chi connectivity index (χ1n) is 11.9. The summed E-state index contributed by atoms with van der Waals surface area (Å²) in [5, 5.41) is 12.1. The first-order chi connectivity index (χ1) is 16.9. The van der Waals surface area contributed by atoms with Gasteiger partial charge in [0.25, 0.3) is 0 Å². The molecule has 0 aliphatic carbocycles. The molecule has 1 aromatic heterocycles. The summed E-state index contributed by atoms with van der Waals surface area (Å²) in [6.07, 6.45) is 0. The number of aryl methyl sites for hydroxylation is 4. The number of nitrogens with zero attached hydrogens (tertiary/aromatic N) is 2. The van der Waals surface area contributed by atoms with Gasteiger partial charge in [0.2, 0.25) is 11.8 Å². The molecule has 8 heteroatoms. The smallest absolute Gasteiger partial charge is 0.347 e. The molecular weight excluding hydrogens is 458 g/mol. The van der Waals surface area contributed by atoms with E-state index in [1.54, 1.807) is 7.05 Å². The van der Waals surface area contributed by atoms with Gasteiger partial charge in [-0.25, -0.2) is 9.78 Å². The normalized spacial score (nSPS) is 11.6. The highest BCUT2D eigenvalue weighted by Crippen LogP contribution is 2.30. The highest BCUT2D eigenvalue weighted by molar-refractivity contribution is 5.77. The van der Waals surface area contributed by atoms with E-state index in [1.165, 1.54) is 13.8 Å². The van der Waals surface area contributed by atoms with E-state index in [4.69, 9.17) is 14.1 Å². The van der Waals surface area contributed by atoms with Gasteiger partial charge in [-0.3, -0.25) is 9.69 Å². The molecule has 36 heavy (non-hydrogen) atoms. The first-order valence-corrected chi connectivity index (χ1v) is 11.9. The molecule has 0 saturated heterocycles. The molecule has 3 rings (SSSR count). The van der Waals surface area contributed by atoms with Crippen LogP contribution in [0.15, 0.2) is 40.8 Å². The van der Waals surface area contributed by atoms with Gasteiger partial charge in [0, 0.05) is 25.7 Å². The highest BCUT2D eigenvalue weighted by atomic mass is 16.5. The van der Waals surface area contributed by atoms with Crippen LogP contribution < -0.4 is 10.1 Å². The second kappa shape index (κ2) is 11.0. The number of oxazole rings is 1. The van der Waals surface area contributed by atoms with Crippen molar-refractivity contribution in [1.82, 2.24) is 15.2 Å². The highest BCUT2D eigenvalue weighted by Gasteiger charge is 2.30. The molecule has 2 aromatic carbocycles. The Bertz CT molecular complexity index is 1240. The zero-order valence-corrected chi connectivity index (χ0v) is 22.1. The van der Waals surface area contributed by atoms with E-state index >= 15 is 0 Å². The van der Waals surface area contributed by atoms with E-state index in [0.717, 1.165) is 33.5 Å². The number of carbonyl (C=O) groups is 2. The molecule has 8 nitrogen and oxygen atoms in total. The quantitative estimate of drug-likeness (QED) is 0.426. The van der Waals surface area contributed by atoms with Gasteiger partial charge in [-0.15, -0.1) is 0 Å². The number of benzene rings is 2. The lowest BCUT2D eigenvalue weighted by Crippen LogP contribution is -2.38. The van der Waals surface area contributed by atoms with Gasteiger partial charge in [0.15, 0.2) is 5.60 Å². The lowest BCUT2D eigenvalue weighted by Gasteiger charge is -2.25. The van der Waals surface area contributed by atoms with Crippen molar-refractivity contribution in [2.45, 2.75) is 60.2 Å². The van der Waals surface area contributed by atoms with Crippen LogP contribution in [0.4, 0.5) is 0 Å². The molecule has 2 N–H and O–H groups in total. The fourth-order valence-electron chi connectivity index (χ4n) is 3.99. The summed E-state index contributed by atoms with van der Waals surface area (Å²) in [4.78, 5) is 30.5. The second-order valence-electron chi connectivity index (χ2n) is 9.69. The van der Waals surface area contributed by atoms with Gasteiger partial charge in [-0.2, -0.15) is 0 Å². The van der Waals surface area contributed by atoms with Crippen molar-refractivity contribution in [2.24, 2.45) is 0 Å². The van der Waals surface area contributed by atoms with Crippen molar-refractivity contribution in [2.75, 3.05) is 13.6 Å². The van der Waals surface area contributed by atoms with Crippen LogP contribution in [0.3, 0.4) is 0 Å². The van der Waals surface area contributed by atoms with Crippen molar-refractivity contribution in [1.29, 1.82) is 0 Å². The van der Waals surface area contributed by atoms with Crippen molar-refractivity contribution in [3.8, 4) is 17.2 Å². The Morgan fingerprint density at radius 3 is 2.33 bits per heavy atom. The van der Waals surface area contributed by atoms with Crippen LogP contribution >= 0.6 is 0 Å². The summed E-state index contributed by atoms with van der Waals surface area (Å²) >= 11 is 0. The molecule has 0 aliphatic heterocycles. The molecule has 0 fully saturated rings. The minimum atomic E-state index is -1.35. The number of amides is 1. The van der Waals surface area contributed by atoms with Crippen LogP contribution in [0, 0.1) is 27.7 Å². The molecule has 0 atom stereocenters. The fraction of sp³-hybridized carbons (Fsp3) is 0.393. The number of aromatic nitrogens is 1. The number of hydrogen-bond acceptors (Lipinski definition) is 6. The number of ether oxygens (including phenoxy) is 1. The van der Waals surface area contributed by atoms with E-state index in [2.05, 4.69) is 5.32 Å². The Balaban J connectivity index is 1.86. The average Bonchev–Trinajstić information content (AvgIpc) is 3.16. The monoisotopic (exact) mass is 493 g/mol. The Hall–Kier alpha value is -3.65. The van der Waals surface area contributed by atoms with E-state index in [1.807, 2.05) is 69.0 Å². The maximum absolute atomic E-state index is 12.3. The van der Waals surface area contributed by atoms with Crippen molar-refractivity contribution in [3.63, 3.8) is 0 Å². The molecule has 0 radical (unpaired) electrons. The SMILES string of the molecule is CNC(=O)CN(Cc1cc(C)c(OC(C)(C)C(=O)O)c(C)c1)Cc1nc(-c2cccc(C)c2)oc1C. The van der Waals surface area contributed by atoms with Crippen LogP contribution in [0.5, 0.6) is 5.75 Å². The molecule has 0 saturated carbocycles. The molecule has 3 aromatic rings. The summed E-state index contributed by atoms with van der Waals surface area (Å²) in [6, 6.07) is 11.9. The lowest BCUT2D eigenvalue weighted by atomic mass is 10.0. The number of hydrogen-bond donors (Lipinski definition) is 2. The Morgan fingerprint density at radius 2 is 1.75 bits per heavy atom. The molecule has 1 heterocycles. The average molecular weight is 494 g/mol. The molecule has 0 aliphatic rings. The number of carbonyl (C=O) groups excluding carboxylic acids is 1. The van der Waals surface area contributed by atoms with Crippen LogP contribution in [-0.4, -0.2) is 46.1 Å². The lowest BCUT2D eigenvalue weighted by molar-refractivity contribution is -0.152. The van der Waals surface area contributed by atoms with E-state index in [0.29, 0.717) is 30.5 Å². The van der Waals surface area contributed by atoms with Crippen molar-refractivity contribution in [3.05, 3.63) is 70.1 Å². The molecule has 0 unspecified atom stereocenters. The number of carboxylic acid groups (broad SMARTS) is 1. The summed E-state index contributed by atoms with van der Waals surface area (Å²) < 4.78 is 11.8. The van der Waals surface area contributed by atoms with Crippen LogP contribution in [0.2, 0.25) is 0 Å². The third-order valence-corrected chi connectivity index (χ3v) is 5.98. The standard InChI is InChI=1S/C28H35N3O5/c1-17-9-8-10-22(11-17)26-30-23(20(4)35-26)15-31(16-24(32)29-7)14-21-12-18(2)25(19(3)13-21)36-28(5,6)27(33)34/h8-13H,14-16H2,1-7H3,(H,29,32)(H,33,34). The zero-order valence-electron chi connectivity index (χ0n) is 22.1. The van der Waals surface area contributed by atoms with Gasteiger partial charge >= 0.3 is 5.97 Å². The van der Waals surface area contributed by atoms with E-state index < -0.39 is 11.6 Å². The number of carboxylic acids is 1. The number of rotatable bonds is 10.